The summed E-state index contributed by atoms with van der Waals surface area (Å²) in [7, 11) is 0. The lowest BCUT2D eigenvalue weighted by molar-refractivity contribution is 0.740. The van der Waals surface area contributed by atoms with Gasteiger partial charge in [0.2, 0.25) is 5.71 Å². The molecule has 0 bridgehead atoms. The van der Waals surface area contributed by atoms with Crippen molar-refractivity contribution in [1.82, 2.24) is 5.43 Å². The van der Waals surface area contributed by atoms with Crippen molar-refractivity contribution in [2.75, 3.05) is 0 Å². The second kappa shape index (κ2) is 2.84. The first-order valence-electron chi connectivity index (χ1n) is 3.00. The number of hydrazone groups is 1. The van der Waals surface area contributed by atoms with Crippen molar-refractivity contribution >= 4 is 5.71 Å². The highest BCUT2D eigenvalue weighted by molar-refractivity contribution is 6.10. The molecule has 0 amide bonds. The maximum absolute atomic E-state index is 8.22. The Morgan fingerprint density at radius 1 is 1.40 bits per heavy atom. The summed E-state index contributed by atoms with van der Waals surface area (Å²) in [6.07, 6.45) is 2.18. The van der Waals surface area contributed by atoms with Gasteiger partial charge in [-0.3, -0.25) is 0 Å². The van der Waals surface area contributed by atoms with Crippen LogP contribution in [0.1, 0.15) is 12.8 Å². The van der Waals surface area contributed by atoms with Crippen molar-refractivity contribution in [3.8, 4) is 12.1 Å². The minimum atomic E-state index is -0.105. The fourth-order valence-electron chi connectivity index (χ4n) is 0.443. The molecule has 0 aromatic rings. The molecule has 0 unspecified atom stereocenters. The van der Waals surface area contributed by atoms with Crippen LogP contribution in [0, 0.1) is 22.7 Å². The number of rotatable bonds is 2. The Morgan fingerprint density at radius 2 is 2.00 bits per heavy atom. The van der Waals surface area contributed by atoms with Crippen LogP contribution in [0.5, 0.6) is 0 Å². The summed E-state index contributed by atoms with van der Waals surface area (Å²) < 4.78 is 0. The fourth-order valence-corrected chi connectivity index (χ4v) is 0.443. The van der Waals surface area contributed by atoms with Gasteiger partial charge in [0.15, 0.2) is 0 Å². The average molecular weight is 134 g/mol. The molecule has 4 nitrogen and oxygen atoms in total. The molecule has 0 aromatic heterocycles. The SMILES string of the molecule is N#CC(C#N)=NNC1CC1. The molecule has 50 valence electrons. The van der Waals surface area contributed by atoms with E-state index in [9.17, 15) is 0 Å². The third-order valence-electron chi connectivity index (χ3n) is 1.15. The third kappa shape index (κ3) is 1.75. The van der Waals surface area contributed by atoms with E-state index in [0.29, 0.717) is 6.04 Å². The van der Waals surface area contributed by atoms with Crippen LogP contribution >= 0.6 is 0 Å². The first kappa shape index (κ1) is 6.57. The van der Waals surface area contributed by atoms with Gasteiger partial charge in [0, 0.05) is 6.04 Å². The highest BCUT2D eigenvalue weighted by atomic mass is 15.3. The van der Waals surface area contributed by atoms with Crippen LogP contribution < -0.4 is 5.43 Å². The third-order valence-corrected chi connectivity index (χ3v) is 1.15. The largest absolute Gasteiger partial charge is 0.305 e. The van der Waals surface area contributed by atoms with Crippen molar-refractivity contribution in [3.63, 3.8) is 0 Å². The van der Waals surface area contributed by atoms with E-state index in [1.165, 1.54) is 0 Å². The Hall–Kier alpha value is -1.55. The second-order valence-electron chi connectivity index (χ2n) is 2.09. The van der Waals surface area contributed by atoms with Gasteiger partial charge in [-0.15, -0.1) is 0 Å². The van der Waals surface area contributed by atoms with E-state index in [2.05, 4.69) is 10.5 Å². The molecule has 0 spiro atoms. The molecule has 0 radical (unpaired) electrons. The monoisotopic (exact) mass is 134 g/mol. The molecule has 0 aromatic carbocycles. The van der Waals surface area contributed by atoms with Crippen LogP contribution in [0.15, 0.2) is 5.10 Å². The minimum absolute atomic E-state index is 0.105. The maximum atomic E-state index is 8.22. The van der Waals surface area contributed by atoms with E-state index in [-0.39, 0.29) is 5.71 Å². The van der Waals surface area contributed by atoms with Crippen LogP contribution in [0.3, 0.4) is 0 Å². The number of nitrogens with zero attached hydrogens (tertiary/aromatic N) is 3. The van der Waals surface area contributed by atoms with Crippen molar-refractivity contribution in [3.05, 3.63) is 0 Å². The number of nitrogens with one attached hydrogen (secondary N) is 1. The van der Waals surface area contributed by atoms with Gasteiger partial charge in [0.25, 0.3) is 0 Å². The molecule has 10 heavy (non-hydrogen) atoms. The molecule has 1 fully saturated rings. The van der Waals surface area contributed by atoms with Gasteiger partial charge in [-0.2, -0.15) is 15.6 Å². The predicted molar refractivity (Wildman–Crippen MR) is 34.8 cm³/mol. The summed E-state index contributed by atoms with van der Waals surface area (Å²) in [5.41, 5.74) is 2.60. The zero-order valence-electron chi connectivity index (χ0n) is 5.33. The van der Waals surface area contributed by atoms with Crippen molar-refractivity contribution in [2.45, 2.75) is 18.9 Å². The second-order valence-corrected chi connectivity index (χ2v) is 2.09. The molecule has 1 aliphatic rings. The first-order valence-corrected chi connectivity index (χ1v) is 3.00. The Labute approximate surface area is 58.8 Å². The summed E-state index contributed by atoms with van der Waals surface area (Å²) in [4.78, 5) is 0. The van der Waals surface area contributed by atoms with E-state index in [0.717, 1.165) is 12.8 Å². The lowest BCUT2D eigenvalue weighted by Crippen LogP contribution is -2.10. The van der Waals surface area contributed by atoms with E-state index in [1.807, 2.05) is 0 Å². The van der Waals surface area contributed by atoms with Gasteiger partial charge in [-0.05, 0) is 12.8 Å². The Kier molecular flexibility index (Phi) is 1.86. The lowest BCUT2D eigenvalue weighted by Gasteiger charge is -1.90. The molecule has 0 aliphatic heterocycles. The number of hydrogen-bond donors (Lipinski definition) is 1. The molecule has 1 aliphatic carbocycles. The molecule has 4 heteroatoms. The average Bonchev–Trinajstić information content (AvgIpc) is 2.74. The van der Waals surface area contributed by atoms with Crippen molar-refractivity contribution in [1.29, 1.82) is 10.5 Å². The fraction of sp³-hybridized carbons (Fsp3) is 0.500. The molecule has 0 atom stereocenters. The van der Waals surface area contributed by atoms with E-state index < -0.39 is 0 Å². The highest BCUT2D eigenvalue weighted by Crippen LogP contribution is 2.18. The van der Waals surface area contributed by atoms with Crippen LogP contribution in [0.25, 0.3) is 0 Å². The molecule has 0 heterocycles. The van der Waals surface area contributed by atoms with Crippen molar-refractivity contribution in [2.24, 2.45) is 5.10 Å². The van der Waals surface area contributed by atoms with Crippen LogP contribution in [-0.4, -0.2) is 11.8 Å². The van der Waals surface area contributed by atoms with Crippen LogP contribution in [0.2, 0.25) is 0 Å². The van der Waals surface area contributed by atoms with Gasteiger partial charge < -0.3 is 5.43 Å². The van der Waals surface area contributed by atoms with Crippen LogP contribution in [0.4, 0.5) is 0 Å². The Balaban J connectivity index is 2.37. The van der Waals surface area contributed by atoms with Gasteiger partial charge in [-0.1, -0.05) is 0 Å². The van der Waals surface area contributed by atoms with E-state index in [4.69, 9.17) is 10.5 Å². The maximum Gasteiger partial charge on any atom is 0.236 e. The minimum Gasteiger partial charge on any atom is -0.305 e. The summed E-state index contributed by atoms with van der Waals surface area (Å²) in [6, 6.07) is 3.72. The molecule has 1 rings (SSSR count). The quantitative estimate of drug-likeness (QED) is 0.431. The van der Waals surface area contributed by atoms with E-state index in [1.54, 1.807) is 12.1 Å². The smallest absolute Gasteiger partial charge is 0.236 e. The standard InChI is InChI=1S/C6H6N4/c7-3-6(4-8)10-9-5-1-2-5/h5,9H,1-2H2. The molecule has 1 saturated carbocycles. The number of nitriles is 2. The van der Waals surface area contributed by atoms with E-state index >= 15 is 0 Å². The summed E-state index contributed by atoms with van der Waals surface area (Å²) in [6.45, 7) is 0. The predicted octanol–water partition coefficient (Wildman–Crippen LogP) is 0.142. The van der Waals surface area contributed by atoms with Gasteiger partial charge >= 0.3 is 0 Å². The number of hydrogen-bond acceptors (Lipinski definition) is 4. The topological polar surface area (TPSA) is 72.0 Å². The Morgan fingerprint density at radius 3 is 2.40 bits per heavy atom. The molecule has 1 N–H and O–H groups in total. The summed E-state index contributed by atoms with van der Waals surface area (Å²) in [5, 5.41) is 20.0. The molecular formula is C6H6N4. The highest BCUT2D eigenvalue weighted by Gasteiger charge is 2.20. The van der Waals surface area contributed by atoms with Gasteiger partial charge in [0.1, 0.15) is 12.1 Å². The molecule has 0 saturated heterocycles. The van der Waals surface area contributed by atoms with Crippen molar-refractivity contribution < 1.29 is 0 Å². The van der Waals surface area contributed by atoms with Gasteiger partial charge in [0.05, 0.1) is 0 Å². The zero-order valence-corrected chi connectivity index (χ0v) is 5.33. The first-order chi connectivity index (χ1) is 4.86. The Bertz CT molecular complexity index is 209. The normalized spacial score (nSPS) is 14.6. The van der Waals surface area contributed by atoms with Gasteiger partial charge in [-0.25, -0.2) is 0 Å². The summed E-state index contributed by atoms with van der Waals surface area (Å²) in [5.74, 6) is 0. The molecular weight excluding hydrogens is 128 g/mol. The van der Waals surface area contributed by atoms with Crippen LogP contribution in [-0.2, 0) is 0 Å². The lowest BCUT2D eigenvalue weighted by atomic mass is 10.5. The summed E-state index contributed by atoms with van der Waals surface area (Å²) >= 11 is 0. The zero-order chi connectivity index (χ0) is 7.40.